The number of benzene rings is 2. The van der Waals surface area contributed by atoms with Gasteiger partial charge in [0.1, 0.15) is 34.4 Å². The fraction of sp³-hybridized carbons (Fsp3) is 0.231. The van der Waals surface area contributed by atoms with Crippen LogP contribution >= 0.6 is 27.5 Å². The molecular weight excluding hydrogens is 554 g/mol. The number of ether oxygens (including phenoxy) is 1. The van der Waals surface area contributed by atoms with Gasteiger partial charge in [-0.3, -0.25) is 9.36 Å². The highest BCUT2D eigenvalue weighted by Crippen LogP contribution is 2.30. The molecule has 2 aromatic heterocycles. The molecule has 0 atom stereocenters. The summed E-state index contributed by atoms with van der Waals surface area (Å²) in [7, 11) is 0. The zero-order valence-electron chi connectivity index (χ0n) is 19.9. The highest BCUT2D eigenvalue weighted by molar-refractivity contribution is 9.10. The fourth-order valence-corrected chi connectivity index (χ4v) is 4.05. The molecule has 0 aliphatic carbocycles. The molecule has 0 spiro atoms. The van der Waals surface area contributed by atoms with Crippen molar-refractivity contribution in [1.29, 1.82) is 0 Å². The molecule has 4 rings (SSSR count). The van der Waals surface area contributed by atoms with E-state index in [-0.39, 0.29) is 27.9 Å². The molecule has 0 fully saturated rings. The topological polar surface area (TPSA) is 69.9 Å². The minimum atomic E-state index is -0.751. The van der Waals surface area contributed by atoms with E-state index in [4.69, 9.17) is 16.3 Å². The van der Waals surface area contributed by atoms with Gasteiger partial charge >= 0.3 is 0 Å². The van der Waals surface area contributed by atoms with Gasteiger partial charge in [-0.15, -0.1) is 0 Å². The lowest BCUT2D eigenvalue weighted by Crippen LogP contribution is -2.24. The lowest BCUT2D eigenvalue weighted by molar-refractivity contribution is 0.283. The van der Waals surface area contributed by atoms with Crippen molar-refractivity contribution in [2.75, 3.05) is 0 Å². The van der Waals surface area contributed by atoms with Gasteiger partial charge < -0.3 is 4.74 Å². The van der Waals surface area contributed by atoms with E-state index in [1.807, 2.05) is 26.8 Å². The van der Waals surface area contributed by atoms with Crippen molar-refractivity contribution in [3.8, 4) is 22.8 Å². The summed E-state index contributed by atoms with van der Waals surface area (Å²) in [6.45, 7) is 7.48. The van der Waals surface area contributed by atoms with Gasteiger partial charge in [-0.2, -0.15) is 4.98 Å². The van der Waals surface area contributed by atoms with Gasteiger partial charge in [-0.05, 0) is 53.2 Å². The van der Waals surface area contributed by atoms with Crippen LogP contribution < -0.4 is 10.3 Å². The molecule has 0 saturated heterocycles. The maximum Gasteiger partial charge on any atom is 0.276 e. The molecule has 2 aromatic carbocycles. The maximum atomic E-state index is 14.0. The van der Waals surface area contributed by atoms with Gasteiger partial charge in [-0.1, -0.05) is 38.4 Å². The SMILES string of the molecule is Cc1nc(OCc2ccc(F)cc2F)c(Br)c(=O)n1-c1cc(-c2ccnc(C(C)(C)C)n2)ccc1Cl. The average molecular weight is 576 g/mol. The molecule has 0 aliphatic heterocycles. The van der Waals surface area contributed by atoms with E-state index in [1.54, 1.807) is 31.3 Å². The van der Waals surface area contributed by atoms with E-state index in [1.165, 1.54) is 10.6 Å². The molecule has 6 nitrogen and oxygen atoms in total. The van der Waals surface area contributed by atoms with Gasteiger partial charge in [0.15, 0.2) is 0 Å². The standard InChI is InChI=1S/C26H22BrClF2N4O2/c1-14-32-23(36-13-16-5-7-17(29)12-19(16)30)22(27)24(35)34(14)21-11-15(6-8-18(21)28)20-9-10-31-25(33-20)26(2,3)4/h5-12H,13H2,1-4H3. The predicted octanol–water partition coefficient (Wildman–Crippen LogP) is 6.57. The van der Waals surface area contributed by atoms with Crippen LogP contribution in [0.5, 0.6) is 5.88 Å². The number of nitrogens with zero attached hydrogens (tertiary/aromatic N) is 4. The molecule has 36 heavy (non-hydrogen) atoms. The first-order valence-corrected chi connectivity index (χ1v) is 12.1. The molecule has 0 aliphatic rings. The predicted molar refractivity (Wildman–Crippen MR) is 138 cm³/mol. The third kappa shape index (κ3) is 5.32. The second kappa shape index (κ2) is 10.1. The molecule has 0 saturated carbocycles. The molecule has 0 N–H and O–H groups in total. The second-order valence-electron chi connectivity index (χ2n) is 9.12. The molecule has 0 bridgehead atoms. The molecular formula is C26H22BrClF2N4O2. The average Bonchev–Trinajstić information content (AvgIpc) is 2.82. The van der Waals surface area contributed by atoms with Crippen LogP contribution in [0.25, 0.3) is 16.9 Å². The lowest BCUT2D eigenvalue weighted by Gasteiger charge is -2.18. The van der Waals surface area contributed by atoms with Gasteiger partial charge in [0.2, 0.25) is 5.88 Å². The van der Waals surface area contributed by atoms with Crippen LogP contribution in [0.1, 0.15) is 38.0 Å². The summed E-state index contributed by atoms with van der Waals surface area (Å²) >= 11 is 9.74. The van der Waals surface area contributed by atoms with E-state index < -0.39 is 17.2 Å². The van der Waals surface area contributed by atoms with E-state index in [0.717, 1.165) is 17.7 Å². The number of halogens is 4. The smallest absolute Gasteiger partial charge is 0.276 e. The summed E-state index contributed by atoms with van der Waals surface area (Å²) in [4.78, 5) is 26.7. The summed E-state index contributed by atoms with van der Waals surface area (Å²) in [5.41, 5.74) is 1.28. The van der Waals surface area contributed by atoms with E-state index in [9.17, 15) is 13.6 Å². The summed E-state index contributed by atoms with van der Waals surface area (Å²) in [6.07, 6.45) is 1.70. The monoisotopic (exact) mass is 574 g/mol. The molecule has 186 valence electrons. The maximum absolute atomic E-state index is 14.0. The van der Waals surface area contributed by atoms with Crippen molar-refractivity contribution in [1.82, 2.24) is 19.5 Å². The van der Waals surface area contributed by atoms with Crippen LogP contribution in [0.4, 0.5) is 8.78 Å². The normalized spacial score (nSPS) is 11.6. The Morgan fingerprint density at radius 2 is 1.83 bits per heavy atom. The quantitative estimate of drug-likeness (QED) is 0.269. The third-order valence-corrected chi connectivity index (χ3v) is 6.35. The van der Waals surface area contributed by atoms with Crippen molar-refractivity contribution in [2.24, 2.45) is 0 Å². The minimum absolute atomic E-state index is 0.0182. The first kappa shape index (κ1) is 25.9. The highest BCUT2D eigenvalue weighted by atomic mass is 79.9. The van der Waals surface area contributed by atoms with E-state index >= 15 is 0 Å². The third-order valence-electron chi connectivity index (χ3n) is 5.35. The Hall–Kier alpha value is -3.17. The van der Waals surface area contributed by atoms with Crippen LogP contribution in [0.2, 0.25) is 5.02 Å². The Labute approximate surface area is 220 Å². The number of rotatable bonds is 5. The summed E-state index contributed by atoms with van der Waals surface area (Å²) in [6, 6.07) is 10.2. The zero-order valence-corrected chi connectivity index (χ0v) is 22.3. The van der Waals surface area contributed by atoms with Crippen molar-refractivity contribution in [2.45, 2.75) is 39.7 Å². The van der Waals surface area contributed by atoms with Crippen LogP contribution in [0, 0.1) is 18.6 Å². The van der Waals surface area contributed by atoms with E-state index in [0.29, 0.717) is 28.1 Å². The zero-order chi connectivity index (χ0) is 26.2. The molecule has 4 aromatic rings. The number of hydrogen-bond acceptors (Lipinski definition) is 5. The largest absolute Gasteiger partial charge is 0.472 e. The number of hydrogen-bond donors (Lipinski definition) is 0. The highest BCUT2D eigenvalue weighted by Gasteiger charge is 2.20. The lowest BCUT2D eigenvalue weighted by atomic mass is 9.95. The molecule has 0 radical (unpaired) electrons. The van der Waals surface area contributed by atoms with Crippen LogP contribution in [0.3, 0.4) is 0 Å². The Balaban J connectivity index is 1.72. The molecule has 10 heteroatoms. The summed E-state index contributed by atoms with van der Waals surface area (Å²) < 4.78 is 34.1. The number of aryl methyl sites for hydroxylation is 1. The molecule has 2 heterocycles. The second-order valence-corrected chi connectivity index (χ2v) is 10.3. The van der Waals surface area contributed by atoms with Gasteiger partial charge in [0, 0.05) is 28.8 Å². The summed E-state index contributed by atoms with van der Waals surface area (Å²) in [5.74, 6) is -0.470. The Kier molecular flexibility index (Phi) is 7.24. The van der Waals surface area contributed by atoms with E-state index in [2.05, 4.69) is 30.9 Å². The first-order valence-electron chi connectivity index (χ1n) is 11.0. The Morgan fingerprint density at radius 1 is 1.08 bits per heavy atom. The van der Waals surface area contributed by atoms with Crippen LogP contribution in [-0.4, -0.2) is 19.5 Å². The van der Waals surface area contributed by atoms with Gasteiger partial charge in [-0.25, -0.2) is 18.7 Å². The van der Waals surface area contributed by atoms with Crippen molar-refractivity contribution in [3.63, 3.8) is 0 Å². The van der Waals surface area contributed by atoms with Gasteiger partial charge in [0.05, 0.1) is 16.4 Å². The summed E-state index contributed by atoms with van der Waals surface area (Å²) in [5, 5.41) is 0.338. The van der Waals surface area contributed by atoms with Gasteiger partial charge in [0.25, 0.3) is 5.56 Å². The Morgan fingerprint density at radius 3 is 2.53 bits per heavy atom. The van der Waals surface area contributed by atoms with Crippen LogP contribution in [0.15, 0.2) is 57.9 Å². The Bertz CT molecular complexity index is 1520. The van der Waals surface area contributed by atoms with Crippen molar-refractivity contribution >= 4 is 27.5 Å². The molecule has 0 unspecified atom stereocenters. The fourth-order valence-electron chi connectivity index (χ4n) is 3.47. The van der Waals surface area contributed by atoms with Crippen molar-refractivity contribution < 1.29 is 13.5 Å². The number of aromatic nitrogens is 4. The minimum Gasteiger partial charge on any atom is -0.472 e. The first-order chi connectivity index (χ1) is 17.0. The van der Waals surface area contributed by atoms with Crippen LogP contribution in [-0.2, 0) is 12.0 Å². The van der Waals surface area contributed by atoms with Crippen molar-refractivity contribution in [3.05, 3.63) is 97.4 Å². The molecule has 0 amide bonds.